The zero-order valence-electron chi connectivity index (χ0n) is 8.72. The first-order chi connectivity index (χ1) is 7.66. The van der Waals surface area contributed by atoms with E-state index in [0.29, 0.717) is 6.54 Å². The minimum Gasteiger partial charge on any atom is -0.377 e. The third-order valence-corrected chi connectivity index (χ3v) is 2.18. The highest BCUT2D eigenvalue weighted by Gasteiger charge is 2.07. The topological polar surface area (TPSA) is 40.7 Å². The molecule has 0 amide bonds. The van der Waals surface area contributed by atoms with Gasteiger partial charge in [-0.1, -0.05) is 6.07 Å². The van der Waals surface area contributed by atoms with Crippen molar-refractivity contribution < 1.29 is 8.78 Å². The Hall–Kier alpha value is -1.91. The molecule has 0 atom stereocenters. The number of H-pyrrole nitrogens is 1. The van der Waals surface area contributed by atoms with Crippen LogP contribution in [-0.2, 0) is 6.54 Å². The molecular formula is C11H11F2N3. The number of aromatic amines is 1. The highest BCUT2D eigenvalue weighted by molar-refractivity contribution is 5.45. The van der Waals surface area contributed by atoms with Crippen molar-refractivity contribution in [1.82, 2.24) is 9.97 Å². The van der Waals surface area contributed by atoms with Crippen LogP contribution in [0.5, 0.6) is 0 Å². The van der Waals surface area contributed by atoms with Gasteiger partial charge in [0.05, 0.1) is 24.1 Å². The average molecular weight is 223 g/mol. The molecule has 2 aromatic rings. The van der Waals surface area contributed by atoms with Crippen LogP contribution in [0.2, 0.25) is 0 Å². The Morgan fingerprint density at radius 2 is 2.19 bits per heavy atom. The molecule has 0 unspecified atom stereocenters. The molecule has 3 nitrogen and oxygen atoms in total. The van der Waals surface area contributed by atoms with Crippen LogP contribution in [0.15, 0.2) is 24.4 Å². The highest BCUT2D eigenvalue weighted by atomic mass is 19.2. The van der Waals surface area contributed by atoms with Crippen molar-refractivity contribution in [2.75, 3.05) is 5.32 Å². The van der Waals surface area contributed by atoms with E-state index in [0.717, 1.165) is 17.6 Å². The second kappa shape index (κ2) is 4.30. The van der Waals surface area contributed by atoms with Gasteiger partial charge in [0.1, 0.15) is 5.82 Å². The highest BCUT2D eigenvalue weighted by Crippen LogP contribution is 2.17. The van der Waals surface area contributed by atoms with Crippen molar-refractivity contribution >= 4 is 5.69 Å². The van der Waals surface area contributed by atoms with Gasteiger partial charge in [0.25, 0.3) is 0 Å². The normalized spacial score (nSPS) is 10.4. The third-order valence-electron chi connectivity index (χ3n) is 2.18. The van der Waals surface area contributed by atoms with Crippen LogP contribution < -0.4 is 5.32 Å². The number of nitrogens with one attached hydrogen (secondary N) is 2. The average Bonchev–Trinajstić information content (AvgIpc) is 2.67. The first-order valence-electron chi connectivity index (χ1n) is 4.85. The molecule has 1 aromatic carbocycles. The second-order valence-corrected chi connectivity index (χ2v) is 3.45. The molecule has 0 bridgehead atoms. The Bertz CT molecular complexity index is 494. The van der Waals surface area contributed by atoms with Crippen LogP contribution >= 0.6 is 0 Å². The molecule has 0 saturated carbocycles. The van der Waals surface area contributed by atoms with E-state index in [1.54, 1.807) is 6.20 Å². The van der Waals surface area contributed by atoms with Gasteiger partial charge in [0, 0.05) is 0 Å². The summed E-state index contributed by atoms with van der Waals surface area (Å²) in [7, 11) is 0. The van der Waals surface area contributed by atoms with Crippen LogP contribution in [0.1, 0.15) is 11.5 Å². The SMILES string of the molecule is Cc1ncc(CNc2cccc(F)c2F)[nH]1. The Labute approximate surface area is 91.5 Å². The summed E-state index contributed by atoms with van der Waals surface area (Å²) in [6.07, 6.45) is 1.65. The molecular weight excluding hydrogens is 212 g/mol. The molecule has 84 valence electrons. The van der Waals surface area contributed by atoms with Gasteiger partial charge in [0.15, 0.2) is 11.6 Å². The maximum absolute atomic E-state index is 13.2. The smallest absolute Gasteiger partial charge is 0.181 e. The summed E-state index contributed by atoms with van der Waals surface area (Å²) in [5, 5.41) is 2.80. The van der Waals surface area contributed by atoms with E-state index in [9.17, 15) is 8.78 Å². The molecule has 5 heteroatoms. The molecule has 0 aliphatic carbocycles. The van der Waals surface area contributed by atoms with Crippen molar-refractivity contribution in [3.8, 4) is 0 Å². The number of imidazole rings is 1. The number of benzene rings is 1. The first-order valence-corrected chi connectivity index (χ1v) is 4.85. The first kappa shape index (κ1) is 10.6. The Morgan fingerprint density at radius 1 is 1.38 bits per heavy atom. The van der Waals surface area contributed by atoms with Gasteiger partial charge in [-0.2, -0.15) is 0 Å². The number of anilines is 1. The summed E-state index contributed by atoms with van der Waals surface area (Å²) in [5.41, 5.74) is 0.966. The van der Waals surface area contributed by atoms with Crippen LogP contribution in [-0.4, -0.2) is 9.97 Å². The zero-order valence-corrected chi connectivity index (χ0v) is 8.72. The fraction of sp³-hybridized carbons (Fsp3) is 0.182. The van der Waals surface area contributed by atoms with Crippen LogP contribution in [0, 0.1) is 18.6 Å². The summed E-state index contributed by atoms with van der Waals surface area (Å²) in [5.74, 6) is -0.930. The maximum atomic E-state index is 13.2. The third kappa shape index (κ3) is 2.18. The number of halogens is 2. The molecule has 0 radical (unpaired) electrons. The van der Waals surface area contributed by atoms with Gasteiger partial charge in [-0.05, 0) is 19.1 Å². The largest absolute Gasteiger partial charge is 0.377 e. The Balaban J connectivity index is 2.07. The summed E-state index contributed by atoms with van der Waals surface area (Å²) in [4.78, 5) is 7.00. The fourth-order valence-electron chi connectivity index (χ4n) is 1.39. The summed E-state index contributed by atoms with van der Waals surface area (Å²) in [6, 6.07) is 4.03. The lowest BCUT2D eigenvalue weighted by Crippen LogP contribution is -2.02. The van der Waals surface area contributed by atoms with Gasteiger partial charge in [0.2, 0.25) is 0 Å². The number of hydrogen-bond acceptors (Lipinski definition) is 2. The van der Waals surface area contributed by atoms with Crippen molar-refractivity contribution in [2.45, 2.75) is 13.5 Å². The molecule has 0 fully saturated rings. The Kier molecular flexibility index (Phi) is 2.85. The summed E-state index contributed by atoms with van der Waals surface area (Å²) >= 11 is 0. The van der Waals surface area contributed by atoms with E-state index < -0.39 is 11.6 Å². The minimum absolute atomic E-state index is 0.146. The van der Waals surface area contributed by atoms with Gasteiger partial charge in [-0.25, -0.2) is 13.8 Å². The number of rotatable bonds is 3. The van der Waals surface area contributed by atoms with Crippen LogP contribution in [0.25, 0.3) is 0 Å². The molecule has 16 heavy (non-hydrogen) atoms. The predicted molar refractivity (Wildman–Crippen MR) is 57.0 cm³/mol. The number of hydrogen-bond donors (Lipinski definition) is 2. The standard InChI is InChI=1S/C11H11F2N3/c1-7-14-5-8(16-7)6-15-10-4-2-3-9(12)11(10)13/h2-5,15H,6H2,1H3,(H,14,16). The van der Waals surface area contributed by atoms with E-state index in [2.05, 4.69) is 15.3 Å². The van der Waals surface area contributed by atoms with Crippen molar-refractivity contribution in [1.29, 1.82) is 0 Å². The van der Waals surface area contributed by atoms with Crippen molar-refractivity contribution in [3.05, 3.63) is 47.5 Å². The van der Waals surface area contributed by atoms with E-state index in [-0.39, 0.29) is 5.69 Å². The number of aryl methyl sites for hydroxylation is 1. The molecule has 0 aliphatic heterocycles. The summed E-state index contributed by atoms with van der Waals surface area (Å²) in [6.45, 7) is 2.20. The maximum Gasteiger partial charge on any atom is 0.181 e. The molecule has 0 saturated heterocycles. The summed E-state index contributed by atoms with van der Waals surface area (Å²) < 4.78 is 26.1. The lowest BCUT2D eigenvalue weighted by atomic mass is 10.3. The van der Waals surface area contributed by atoms with Crippen molar-refractivity contribution in [2.24, 2.45) is 0 Å². The van der Waals surface area contributed by atoms with E-state index in [4.69, 9.17) is 0 Å². The Morgan fingerprint density at radius 3 is 2.88 bits per heavy atom. The van der Waals surface area contributed by atoms with Crippen molar-refractivity contribution in [3.63, 3.8) is 0 Å². The van der Waals surface area contributed by atoms with Gasteiger partial charge < -0.3 is 10.3 Å². The monoisotopic (exact) mass is 223 g/mol. The van der Waals surface area contributed by atoms with Crippen LogP contribution in [0.4, 0.5) is 14.5 Å². The van der Waals surface area contributed by atoms with Gasteiger partial charge in [-0.15, -0.1) is 0 Å². The van der Waals surface area contributed by atoms with E-state index in [1.807, 2.05) is 6.92 Å². The zero-order chi connectivity index (χ0) is 11.5. The van der Waals surface area contributed by atoms with Gasteiger partial charge in [-0.3, -0.25) is 0 Å². The molecule has 2 rings (SSSR count). The lowest BCUT2D eigenvalue weighted by Gasteiger charge is -2.06. The van der Waals surface area contributed by atoms with E-state index in [1.165, 1.54) is 12.1 Å². The molecule has 1 heterocycles. The second-order valence-electron chi connectivity index (χ2n) is 3.45. The van der Waals surface area contributed by atoms with E-state index >= 15 is 0 Å². The van der Waals surface area contributed by atoms with Gasteiger partial charge >= 0.3 is 0 Å². The quantitative estimate of drug-likeness (QED) is 0.839. The molecule has 2 N–H and O–H groups in total. The lowest BCUT2D eigenvalue weighted by molar-refractivity contribution is 0.511. The minimum atomic E-state index is -0.862. The molecule has 0 spiro atoms. The molecule has 0 aliphatic rings. The number of aromatic nitrogens is 2. The fourth-order valence-corrected chi connectivity index (χ4v) is 1.39. The van der Waals surface area contributed by atoms with Crippen LogP contribution in [0.3, 0.4) is 0 Å². The molecule has 1 aromatic heterocycles. The predicted octanol–water partition coefficient (Wildman–Crippen LogP) is 2.61. The number of nitrogens with zero attached hydrogens (tertiary/aromatic N) is 1.